The standard InChI is InChI=1S/C20H25N3O3S/c1-23-10-8-14(9-11-23)19-13-22-20-7-4-16(12-18(19)20)26-27(24,25)17-5-2-15(21)3-6-17/h2-7,12,14,19,22H,8-11,13,21H2,1H3. The van der Waals surface area contributed by atoms with E-state index in [2.05, 4.69) is 17.3 Å². The first-order chi connectivity index (χ1) is 12.9. The molecule has 0 aromatic heterocycles. The normalized spacial score (nSPS) is 20.9. The number of nitrogens with zero attached hydrogens (tertiary/aromatic N) is 1. The lowest BCUT2D eigenvalue weighted by Crippen LogP contribution is -2.33. The first-order valence-electron chi connectivity index (χ1n) is 9.29. The Kier molecular flexibility index (Phi) is 4.74. The number of nitrogens with two attached hydrogens (primary N) is 1. The van der Waals surface area contributed by atoms with Crippen molar-refractivity contribution in [2.24, 2.45) is 5.92 Å². The Morgan fingerprint density at radius 1 is 1.11 bits per heavy atom. The van der Waals surface area contributed by atoms with Gasteiger partial charge in [0.15, 0.2) is 0 Å². The summed E-state index contributed by atoms with van der Waals surface area (Å²) in [4.78, 5) is 2.46. The molecule has 0 amide bonds. The summed E-state index contributed by atoms with van der Waals surface area (Å²) in [5.74, 6) is 1.36. The third kappa shape index (κ3) is 3.75. The number of rotatable bonds is 4. The molecule has 0 radical (unpaired) electrons. The topological polar surface area (TPSA) is 84.7 Å². The van der Waals surface area contributed by atoms with Crippen LogP contribution >= 0.6 is 0 Å². The molecule has 1 fully saturated rings. The second-order valence-corrected chi connectivity index (χ2v) is 9.03. The average Bonchev–Trinajstić information content (AvgIpc) is 3.06. The number of anilines is 2. The number of hydrogen-bond acceptors (Lipinski definition) is 6. The van der Waals surface area contributed by atoms with Crippen molar-refractivity contribution in [3.63, 3.8) is 0 Å². The van der Waals surface area contributed by atoms with Crippen LogP contribution in [0.3, 0.4) is 0 Å². The van der Waals surface area contributed by atoms with Crippen LogP contribution in [0.15, 0.2) is 47.4 Å². The maximum absolute atomic E-state index is 12.5. The minimum absolute atomic E-state index is 0.0993. The maximum Gasteiger partial charge on any atom is 0.339 e. The van der Waals surface area contributed by atoms with Crippen LogP contribution < -0.4 is 15.2 Å². The molecule has 2 heterocycles. The summed E-state index contributed by atoms with van der Waals surface area (Å²) in [6.45, 7) is 3.12. The maximum atomic E-state index is 12.5. The van der Waals surface area contributed by atoms with Crippen LogP contribution in [0.25, 0.3) is 0 Å². The Balaban J connectivity index is 1.56. The molecule has 6 nitrogen and oxygen atoms in total. The predicted octanol–water partition coefficient (Wildman–Crippen LogP) is 2.89. The summed E-state index contributed by atoms with van der Waals surface area (Å²) in [6.07, 6.45) is 2.33. The van der Waals surface area contributed by atoms with Crippen molar-refractivity contribution in [2.45, 2.75) is 23.7 Å². The van der Waals surface area contributed by atoms with Gasteiger partial charge in [-0.3, -0.25) is 0 Å². The smallest absolute Gasteiger partial charge is 0.339 e. The number of likely N-dealkylation sites (tertiary alicyclic amines) is 1. The zero-order valence-corrected chi connectivity index (χ0v) is 16.2. The monoisotopic (exact) mass is 387 g/mol. The van der Waals surface area contributed by atoms with Crippen LogP contribution in [-0.4, -0.2) is 40.0 Å². The van der Waals surface area contributed by atoms with Gasteiger partial charge in [-0.1, -0.05) is 0 Å². The van der Waals surface area contributed by atoms with E-state index in [1.807, 2.05) is 12.1 Å². The van der Waals surface area contributed by atoms with Crippen LogP contribution in [0.4, 0.5) is 11.4 Å². The molecule has 2 aromatic rings. The van der Waals surface area contributed by atoms with Crippen molar-refractivity contribution < 1.29 is 12.6 Å². The van der Waals surface area contributed by atoms with Gasteiger partial charge >= 0.3 is 10.1 Å². The molecule has 0 saturated carbocycles. The fourth-order valence-corrected chi connectivity index (χ4v) is 4.97. The Morgan fingerprint density at radius 2 is 1.81 bits per heavy atom. The second-order valence-electron chi connectivity index (χ2n) is 7.48. The summed E-state index contributed by atoms with van der Waals surface area (Å²) in [6, 6.07) is 11.5. The molecular formula is C20H25N3O3S. The highest BCUT2D eigenvalue weighted by atomic mass is 32.2. The van der Waals surface area contributed by atoms with Gasteiger partial charge in [-0.25, -0.2) is 0 Å². The number of piperidine rings is 1. The summed E-state index contributed by atoms with van der Waals surface area (Å²) in [5.41, 5.74) is 8.39. The molecule has 2 aliphatic rings. The molecule has 7 heteroatoms. The summed E-state index contributed by atoms with van der Waals surface area (Å²) >= 11 is 0. The predicted molar refractivity (Wildman–Crippen MR) is 107 cm³/mol. The Hall–Kier alpha value is -2.25. The van der Waals surface area contributed by atoms with Gasteiger partial charge in [0.1, 0.15) is 10.6 Å². The van der Waals surface area contributed by atoms with Crippen LogP contribution in [0.2, 0.25) is 0 Å². The van der Waals surface area contributed by atoms with Gasteiger partial charge in [0, 0.05) is 23.8 Å². The van der Waals surface area contributed by atoms with E-state index in [0.717, 1.165) is 43.7 Å². The lowest BCUT2D eigenvalue weighted by atomic mass is 9.81. The second kappa shape index (κ2) is 7.05. The molecule has 144 valence electrons. The molecule has 0 aliphatic carbocycles. The Morgan fingerprint density at radius 3 is 2.52 bits per heavy atom. The van der Waals surface area contributed by atoms with Gasteiger partial charge in [0.05, 0.1) is 0 Å². The molecule has 1 unspecified atom stereocenters. The van der Waals surface area contributed by atoms with Crippen molar-refractivity contribution in [1.82, 2.24) is 4.90 Å². The molecule has 3 N–H and O–H groups in total. The summed E-state index contributed by atoms with van der Waals surface area (Å²) in [7, 11) is -1.72. The van der Waals surface area contributed by atoms with Gasteiger partial charge < -0.3 is 20.1 Å². The van der Waals surface area contributed by atoms with Gasteiger partial charge in [-0.15, -0.1) is 0 Å². The van der Waals surface area contributed by atoms with E-state index in [0.29, 0.717) is 23.3 Å². The van der Waals surface area contributed by atoms with E-state index in [1.165, 1.54) is 12.1 Å². The highest BCUT2D eigenvalue weighted by Crippen LogP contribution is 2.42. The van der Waals surface area contributed by atoms with Crippen molar-refractivity contribution in [3.05, 3.63) is 48.0 Å². The molecule has 0 spiro atoms. The van der Waals surface area contributed by atoms with Crippen LogP contribution in [-0.2, 0) is 10.1 Å². The van der Waals surface area contributed by atoms with Crippen LogP contribution in [0, 0.1) is 5.92 Å². The number of hydrogen-bond donors (Lipinski definition) is 2. The Bertz CT molecular complexity index is 920. The van der Waals surface area contributed by atoms with Crippen LogP contribution in [0.1, 0.15) is 24.3 Å². The van der Waals surface area contributed by atoms with E-state index >= 15 is 0 Å². The van der Waals surface area contributed by atoms with Gasteiger partial charge in [-0.05, 0) is 86.9 Å². The number of nitrogens with one attached hydrogen (secondary N) is 1. The highest BCUT2D eigenvalue weighted by molar-refractivity contribution is 7.87. The molecule has 1 saturated heterocycles. The first-order valence-corrected chi connectivity index (χ1v) is 10.7. The largest absolute Gasteiger partial charge is 0.399 e. The van der Waals surface area contributed by atoms with E-state index in [4.69, 9.17) is 9.92 Å². The molecular weight excluding hydrogens is 362 g/mol. The zero-order chi connectivity index (χ0) is 19.0. The molecule has 2 aromatic carbocycles. The van der Waals surface area contributed by atoms with E-state index in [1.54, 1.807) is 18.2 Å². The van der Waals surface area contributed by atoms with Gasteiger partial charge in [0.25, 0.3) is 0 Å². The molecule has 1 atom stereocenters. The fourth-order valence-electron chi connectivity index (χ4n) is 4.05. The number of fused-ring (bicyclic) bond motifs is 1. The third-order valence-corrected chi connectivity index (χ3v) is 6.90. The highest BCUT2D eigenvalue weighted by Gasteiger charge is 2.32. The average molecular weight is 388 g/mol. The molecule has 27 heavy (non-hydrogen) atoms. The SMILES string of the molecule is CN1CCC(C2CNc3ccc(OS(=O)(=O)c4ccc(N)cc4)cc32)CC1. The summed E-state index contributed by atoms with van der Waals surface area (Å²) < 4.78 is 30.5. The van der Waals surface area contributed by atoms with Crippen molar-refractivity contribution >= 4 is 21.5 Å². The number of nitrogen functional groups attached to an aromatic ring is 1. The quantitative estimate of drug-likeness (QED) is 0.620. The fraction of sp³-hybridized carbons (Fsp3) is 0.400. The number of benzene rings is 2. The lowest BCUT2D eigenvalue weighted by molar-refractivity contribution is 0.202. The van der Waals surface area contributed by atoms with E-state index in [9.17, 15) is 8.42 Å². The van der Waals surface area contributed by atoms with E-state index in [-0.39, 0.29) is 4.90 Å². The Labute approximate surface area is 160 Å². The molecule has 0 bridgehead atoms. The van der Waals surface area contributed by atoms with Crippen molar-refractivity contribution in [2.75, 3.05) is 37.7 Å². The van der Waals surface area contributed by atoms with Gasteiger partial charge in [-0.2, -0.15) is 8.42 Å². The lowest BCUT2D eigenvalue weighted by Gasteiger charge is -2.32. The first kappa shape index (κ1) is 18.1. The molecule has 4 rings (SSSR count). The minimum atomic E-state index is -3.88. The van der Waals surface area contributed by atoms with Gasteiger partial charge in [0.2, 0.25) is 0 Å². The zero-order valence-electron chi connectivity index (χ0n) is 15.4. The van der Waals surface area contributed by atoms with Crippen LogP contribution in [0.5, 0.6) is 5.75 Å². The molecule has 2 aliphatic heterocycles. The van der Waals surface area contributed by atoms with Crippen molar-refractivity contribution in [3.8, 4) is 5.75 Å². The van der Waals surface area contributed by atoms with E-state index < -0.39 is 10.1 Å². The van der Waals surface area contributed by atoms with Crippen molar-refractivity contribution in [1.29, 1.82) is 0 Å². The third-order valence-electron chi connectivity index (χ3n) is 5.64. The minimum Gasteiger partial charge on any atom is -0.399 e. The summed E-state index contributed by atoms with van der Waals surface area (Å²) in [5, 5.41) is 3.45.